The van der Waals surface area contributed by atoms with Crippen LogP contribution in [0.5, 0.6) is 5.75 Å². The molecule has 0 fully saturated rings. The minimum absolute atomic E-state index is 0.0519. The van der Waals surface area contributed by atoms with Crippen molar-refractivity contribution >= 4 is 17.6 Å². The molecule has 1 rings (SSSR count). The predicted molar refractivity (Wildman–Crippen MR) is 75.9 cm³/mol. The van der Waals surface area contributed by atoms with E-state index in [-0.39, 0.29) is 17.4 Å². The van der Waals surface area contributed by atoms with Gasteiger partial charge in [-0.05, 0) is 39.0 Å². The van der Waals surface area contributed by atoms with Gasteiger partial charge < -0.3 is 21.1 Å². The number of nitrogen functional groups attached to an aromatic ring is 1. The maximum atomic E-state index is 11.8. The van der Waals surface area contributed by atoms with E-state index in [0.717, 1.165) is 0 Å². The van der Waals surface area contributed by atoms with E-state index >= 15 is 0 Å². The molecule has 19 heavy (non-hydrogen) atoms. The molecule has 0 aliphatic rings. The largest absolute Gasteiger partial charge is 0.495 e. The monoisotopic (exact) mass is 264 g/mol. The van der Waals surface area contributed by atoms with Crippen LogP contribution in [-0.2, 0) is 0 Å². The molecule has 0 atom stereocenters. The molecule has 104 valence electrons. The highest BCUT2D eigenvalue weighted by atomic mass is 16.5. The van der Waals surface area contributed by atoms with Crippen LogP contribution in [0.25, 0.3) is 0 Å². The molecule has 0 saturated carbocycles. The summed E-state index contributed by atoms with van der Waals surface area (Å²) in [5.41, 5.74) is 6.14. The van der Waals surface area contributed by atoms with Crippen molar-refractivity contribution in [1.82, 2.24) is 5.32 Å². The second-order valence-electron chi connectivity index (χ2n) is 5.16. The number of carbonyl (C=O) groups is 1. The average Bonchev–Trinajstić information content (AvgIpc) is 2.26. The van der Waals surface area contributed by atoms with Crippen LogP contribution in [0.15, 0.2) is 18.2 Å². The zero-order chi connectivity index (χ0) is 14.6. The molecule has 0 spiro atoms. The molecule has 0 heterocycles. The van der Waals surface area contributed by atoms with Gasteiger partial charge in [0.15, 0.2) is 0 Å². The van der Waals surface area contributed by atoms with Gasteiger partial charge in [-0.2, -0.15) is 0 Å². The van der Waals surface area contributed by atoms with Crippen molar-refractivity contribution in [3.63, 3.8) is 0 Å². The van der Waals surface area contributed by atoms with E-state index in [4.69, 9.17) is 15.9 Å². The summed E-state index contributed by atoms with van der Waals surface area (Å²) in [5.74, 6) is 0.403. The molecule has 5 N–H and O–H groups in total. The number of nitrogens with two attached hydrogens (primary N) is 1. The van der Waals surface area contributed by atoms with Gasteiger partial charge in [-0.25, -0.2) is 4.79 Å². The lowest BCUT2D eigenvalue weighted by Gasteiger charge is -2.21. The second-order valence-corrected chi connectivity index (χ2v) is 5.16. The van der Waals surface area contributed by atoms with E-state index in [2.05, 4.69) is 10.6 Å². The van der Waals surface area contributed by atoms with E-state index in [0.29, 0.717) is 17.0 Å². The summed E-state index contributed by atoms with van der Waals surface area (Å²) in [6.45, 7) is 5.67. The Kier molecular flexibility index (Phi) is 4.37. The Morgan fingerprint density at radius 1 is 1.37 bits per heavy atom. The highest BCUT2D eigenvalue weighted by Crippen LogP contribution is 2.25. The minimum atomic E-state index is -0.323. The Labute approximate surface area is 112 Å². The number of ether oxygens (including phenoxy) is 1. The second kappa shape index (κ2) is 5.60. The van der Waals surface area contributed by atoms with Crippen LogP contribution in [0.4, 0.5) is 10.5 Å². The minimum Gasteiger partial charge on any atom is -0.495 e. The first-order valence-electron chi connectivity index (χ1n) is 5.84. The third kappa shape index (κ3) is 4.50. The number of nitrogens with one attached hydrogen (secondary N) is 3. The molecule has 0 bridgehead atoms. The van der Waals surface area contributed by atoms with Crippen molar-refractivity contribution in [2.24, 2.45) is 5.73 Å². The molecule has 2 amide bonds. The zero-order valence-corrected chi connectivity index (χ0v) is 11.6. The fraction of sp³-hybridized carbons (Fsp3) is 0.385. The highest BCUT2D eigenvalue weighted by molar-refractivity contribution is 5.97. The summed E-state index contributed by atoms with van der Waals surface area (Å²) in [7, 11) is 1.49. The standard InChI is InChI=1S/C13H20N4O2/c1-13(2,3)17-12(18)16-9-6-5-8(11(14)15)7-10(9)19-4/h5-7H,1-4H3,(H3,14,15)(H2,16,17,18). The highest BCUT2D eigenvalue weighted by Gasteiger charge is 2.15. The van der Waals surface area contributed by atoms with E-state index < -0.39 is 0 Å². The van der Waals surface area contributed by atoms with Gasteiger partial charge >= 0.3 is 6.03 Å². The number of methoxy groups -OCH3 is 1. The topological polar surface area (TPSA) is 100 Å². The fourth-order valence-corrected chi connectivity index (χ4v) is 1.46. The number of amidine groups is 1. The Bertz CT molecular complexity index is 492. The number of carbonyl (C=O) groups excluding carboxylic acids is 1. The quantitative estimate of drug-likeness (QED) is 0.495. The maximum Gasteiger partial charge on any atom is 0.319 e. The number of rotatable bonds is 3. The van der Waals surface area contributed by atoms with E-state index in [9.17, 15) is 4.79 Å². The first-order chi connectivity index (χ1) is 8.73. The van der Waals surface area contributed by atoms with Gasteiger partial charge in [0.2, 0.25) is 0 Å². The molecule has 6 nitrogen and oxygen atoms in total. The van der Waals surface area contributed by atoms with Crippen molar-refractivity contribution in [2.45, 2.75) is 26.3 Å². The average molecular weight is 264 g/mol. The van der Waals surface area contributed by atoms with Gasteiger partial charge in [0.05, 0.1) is 12.8 Å². The van der Waals surface area contributed by atoms with Crippen LogP contribution in [-0.4, -0.2) is 24.5 Å². The van der Waals surface area contributed by atoms with Crippen molar-refractivity contribution in [3.05, 3.63) is 23.8 Å². The number of hydrogen-bond acceptors (Lipinski definition) is 3. The lowest BCUT2D eigenvalue weighted by atomic mass is 10.1. The Balaban J connectivity index is 2.89. The van der Waals surface area contributed by atoms with Crippen molar-refractivity contribution < 1.29 is 9.53 Å². The van der Waals surface area contributed by atoms with E-state index in [1.165, 1.54) is 7.11 Å². The van der Waals surface area contributed by atoms with Crippen LogP contribution < -0.4 is 21.1 Å². The normalized spacial score (nSPS) is 10.7. The van der Waals surface area contributed by atoms with Crippen LogP contribution in [0.1, 0.15) is 26.3 Å². The fourth-order valence-electron chi connectivity index (χ4n) is 1.46. The van der Waals surface area contributed by atoms with Crippen LogP contribution in [0, 0.1) is 5.41 Å². The molecular formula is C13H20N4O2. The molecule has 0 aromatic heterocycles. The van der Waals surface area contributed by atoms with Crippen molar-refractivity contribution in [3.8, 4) is 5.75 Å². The lowest BCUT2D eigenvalue weighted by molar-refractivity contribution is 0.243. The first-order valence-corrected chi connectivity index (χ1v) is 5.84. The van der Waals surface area contributed by atoms with Crippen LogP contribution >= 0.6 is 0 Å². The Morgan fingerprint density at radius 3 is 2.47 bits per heavy atom. The number of amides is 2. The summed E-state index contributed by atoms with van der Waals surface area (Å²) < 4.78 is 5.17. The summed E-state index contributed by atoms with van der Waals surface area (Å²) in [4.78, 5) is 11.8. The predicted octanol–water partition coefficient (Wildman–Crippen LogP) is 1.90. The van der Waals surface area contributed by atoms with Crippen molar-refractivity contribution in [2.75, 3.05) is 12.4 Å². The first kappa shape index (κ1) is 14.8. The molecule has 0 aliphatic heterocycles. The summed E-state index contributed by atoms with van der Waals surface area (Å²) in [5, 5.41) is 12.8. The zero-order valence-electron chi connectivity index (χ0n) is 11.6. The van der Waals surface area contributed by atoms with Crippen LogP contribution in [0.2, 0.25) is 0 Å². The van der Waals surface area contributed by atoms with Gasteiger partial charge in [-0.3, -0.25) is 5.41 Å². The van der Waals surface area contributed by atoms with Gasteiger partial charge in [0.1, 0.15) is 11.6 Å². The molecule has 1 aromatic carbocycles. The molecule has 0 radical (unpaired) electrons. The van der Waals surface area contributed by atoms with Gasteiger partial charge in [0, 0.05) is 11.1 Å². The number of hydrogen-bond donors (Lipinski definition) is 4. The smallest absolute Gasteiger partial charge is 0.319 e. The van der Waals surface area contributed by atoms with Gasteiger partial charge in [-0.1, -0.05) is 0 Å². The summed E-state index contributed by atoms with van der Waals surface area (Å²) in [6, 6.07) is 4.59. The molecule has 6 heteroatoms. The van der Waals surface area contributed by atoms with E-state index in [1.807, 2.05) is 20.8 Å². The lowest BCUT2D eigenvalue weighted by Crippen LogP contribution is -2.43. The van der Waals surface area contributed by atoms with Gasteiger partial charge in [0.25, 0.3) is 0 Å². The third-order valence-electron chi connectivity index (χ3n) is 2.25. The Hall–Kier alpha value is -2.24. The molecule has 1 aromatic rings. The summed E-state index contributed by atoms with van der Waals surface area (Å²) >= 11 is 0. The molecule has 0 aliphatic carbocycles. The van der Waals surface area contributed by atoms with Crippen molar-refractivity contribution in [1.29, 1.82) is 5.41 Å². The summed E-state index contributed by atoms with van der Waals surface area (Å²) in [6.07, 6.45) is 0. The number of anilines is 1. The molecule has 0 unspecified atom stereocenters. The molecule has 0 saturated heterocycles. The van der Waals surface area contributed by atoms with Crippen LogP contribution in [0.3, 0.4) is 0 Å². The SMILES string of the molecule is COc1cc(C(=N)N)ccc1NC(=O)NC(C)(C)C. The van der Waals surface area contributed by atoms with Gasteiger partial charge in [-0.15, -0.1) is 0 Å². The molecular weight excluding hydrogens is 244 g/mol. The number of urea groups is 1. The maximum absolute atomic E-state index is 11.8. The number of benzene rings is 1. The van der Waals surface area contributed by atoms with E-state index in [1.54, 1.807) is 18.2 Å². The Morgan fingerprint density at radius 2 is 2.00 bits per heavy atom. The third-order valence-corrected chi connectivity index (χ3v) is 2.25.